The summed E-state index contributed by atoms with van der Waals surface area (Å²) in [5, 5.41) is 0. The van der Waals surface area contributed by atoms with Crippen LogP contribution in [0.4, 0.5) is 0 Å². The number of pyridine rings is 1. The number of rotatable bonds is 6. The maximum atomic E-state index is 13.6. The molecular formula is C29H23N3O4S. The van der Waals surface area contributed by atoms with E-state index in [0.717, 1.165) is 11.1 Å². The van der Waals surface area contributed by atoms with E-state index in [1.165, 1.54) is 12.1 Å². The van der Waals surface area contributed by atoms with Gasteiger partial charge in [0.15, 0.2) is 0 Å². The molecule has 37 heavy (non-hydrogen) atoms. The second kappa shape index (κ2) is 9.63. The fraction of sp³-hybridized carbons (Fsp3) is 0.138. The first-order valence-corrected chi connectivity index (χ1v) is 13.4. The number of aromatic nitrogens is 1. The summed E-state index contributed by atoms with van der Waals surface area (Å²) in [6, 6.07) is 30.5. The van der Waals surface area contributed by atoms with Crippen LogP contribution in [0.1, 0.15) is 34.6 Å². The van der Waals surface area contributed by atoms with Gasteiger partial charge in [0.05, 0.1) is 9.79 Å². The number of nitrogens with zero attached hydrogens (tertiary/aromatic N) is 3. The van der Waals surface area contributed by atoms with E-state index in [2.05, 4.69) is 4.98 Å². The van der Waals surface area contributed by atoms with Crippen molar-refractivity contribution < 1.29 is 17.9 Å². The Kier molecular flexibility index (Phi) is 6.02. The molecule has 0 saturated carbocycles. The number of hydrogen-bond acceptors (Lipinski definition) is 7. The van der Waals surface area contributed by atoms with Crippen LogP contribution in [0.25, 0.3) is 0 Å². The van der Waals surface area contributed by atoms with Crippen molar-refractivity contribution in [3.63, 3.8) is 0 Å². The van der Waals surface area contributed by atoms with E-state index in [-0.39, 0.29) is 21.9 Å². The zero-order valence-corrected chi connectivity index (χ0v) is 20.6. The Morgan fingerprint density at radius 1 is 0.595 bits per heavy atom. The molecule has 1 aromatic heterocycles. The molecule has 0 fully saturated rings. The molecule has 2 aliphatic heterocycles. The van der Waals surface area contributed by atoms with Gasteiger partial charge in [0.1, 0.15) is 36.7 Å². The fourth-order valence-corrected chi connectivity index (χ4v) is 5.66. The highest BCUT2D eigenvalue weighted by Gasteiger charge is 2.29. The molecule has 7 nitrogen and oxygen atoms in total. The molecule has 3 aromatic carbocycles. The Hall–Kier alpha value is -4.30. The van der Waals surface area contributed by atoms with Gasteiger partial charge in [0.25, 0.3) is 0 Å². The molecule has 3 heterocycles. The van der Waals surface area contributed by atoms with Crippen LogP contribution in [0.2, 0.25) is 0 Å². The molecule has 0 spiro atoms. The third kappa shape index (κ3) is 4.63. The largest absolute Gasteiger partial charge is 0.474 e. The molecule has 184 valence electrons. The minimum atomic E-state index is -3.84. The van der Waals surface area contributed by atoms with E-state index in [9.17, 15) is 8.42 Å². The maximum Gasteiger partial charge on any atom is 0.236 e. The lowest BCUT2D eigenvalue weighted by atomic mass is 10.1. The van der Waals surface area contributed by atoms with E-state index in [1.807, 2.05) is 60.7 Å². The van der Waals surface area contributed by atoms with Gasteiger partial charge < -0.3 is 9.47 Å². The average Bonchev–Trinajstić information content (AvgIpc) is 3.65. The molecule has 6 rings (SSSR count). The summed E-state index contributed by atoms with van der Waals surface area (Å²) >= 11 is 0. The lowest BCUT2D eigenvalue weighted by Crippen LogP contribution is -2.13. The molecule has 8 heteroatoms. The number of sulfone groups is 1. The first-order chi connectivity index (χ1) is 18.1. The molecule has 0 N–H and O–H groups in total. The molecule has 2 aliphatic rings. The predicted octanol–water partition coefficient (Wildman–Crippen LogP) is 4.95. The van der Waals surface area contributed by atoms with Crippen molar-refractivity contribution in [1.82, 2.24) is 4.98 Å². The predicted molar refractivity (Wildman–Crippen MR) is 139 cm³/mol. The van der Waals surface area contributed by atoms with Gasteiger partial charge in [0.2, 0.25) is 21.6 Å². The van der Waals surface area contributed by atoms with Gasteiger partial charge in [0, 0.05) is 0 Å². The van der Waals surface area contributed by atoms with Gasteiger partial charge in [-0.25, -0.2) is 23.4 Å². The van der Waals surface area contributed by atoms with E-state index in [4.69, 9.17) is 19.5 Å². The van der Waals surface area contributed by atoms with E-state index in [0.29, 0.717) is 36.4 Å². The SMILES string of the molecule is O=S(=O)(c1ccccc1)c1cc(C2=N[C@@H](c3ccccc3)CO2)nc(C2=N[C@@H](c3ccccc3)CO2)c1. The molecule has 0 radical (unpaired) electrons. The van der Waals surface area contributed by atoms with Gasteiger partial charge in [-0.2, -0.15) is 0 Å². The molecular weight excluding hydrogens is 486 g/mol. The van der Waals surface area contributed by atoms with Crippen LogP contribution in [-0.2, 0) is 19.3 Å². The van der Waals surface area contributed by atoms with Gasteiger partial charge in [-0.3, -0.25) is 0 Å². The molecule has 0 bridgehead atoms. The summed E-state index contributed by atoms with van der Waals surface area (Å²) in [4.78, 5) is 14.4. The van der Waals surface area contributed by atoms with Crippen molar-refractivity contribution in [2.75, 3.05) is 13.2 Å². The second-order valence-corrected chi connectivity index (χ2v) is 10.7. The Morgan fingerprint density at radius 2 is 1.03 bits per heavy atom. The minimum Gasteiger partial charge on any atom is -0.474 e. The quantitative estimate of drug-likeness (QED) is 0.367. The number of benzene rings is 3. The summed E-state index contributed by atoms with van der Waals surface area (Å²) in [7, 11) is -3.84. The topological polar surface area (TPSA) is 90.2 Å². The summed E-state index contributed by atoms with van der Waals surface area (Å²) in [6.45, 7) is 0.694. The molecule has 0 amide bonds. The van der Waals surface area contributed by atoms with Crippen LogP contribution in [0.3, 0.4) is 0 Å². The zero-order valence-electron chi connectivity index (χ0n) is 19.8. The maximum absolute atomic E-state index is 13.6. The lowest BCUT2D eigenvalue weighted by Gasteiger charge is -2.10. The van der Waals surface area contributed by atoms with E-state index >= 15 is 0 Å². The Labute approximate surface area is 215 Å². The standard InChI is InChI=1S/C29H23N3O4S/c33-37(34,22-14-8-3-9-15-22)23-16-24(28-31-26(18-35-28)20-10-4-1-5-11-20)30-25(17-23)29-32-27(19-36-29)21-12-6-2-7-13-21/h1-17,26-27H,18-19H2/t26-,27-/m1/s1. The Morgan fingerprint density at radius 3 is 1.49 bits per heavy atom. The van der Waals surface area contributed by atoms with Crippen LogP contribution >= 0.6 is 0 Å². The normalized spacial score (nSPS) is 19.0. The summed E-state index contributed by atoms with van der Waals surface area (Å²) in [5.41, 5.74) is 2.67. The third-order valence-corrected chi connectivity index (χ3v) is 8.02. The van der Waals surface area contributed by atoms with Crippen molar-refractivity contribution in [2.45, 2.75) is 21.9 Å². The minimum absolute atomic E-state index is 0.0719. The average molecular weight is 510 g/mol. The van der Waals surface area contributed by atoms with Gasteiger partial charge >= 0.3 is 0 Å². The van der Waals surface area contributed by atoms with Crippen molar-refractivity contribution in [3.8, 4) is 0 Å². The number of aliphatic imine (C=N–C) groups is 2. The van der Waals surface area contributed by atoms with E-state index in [1.54, 1.807) is 30.3 Å². The summed E-state index contributed by atoms with van der Waals surface area (Å²) in [5.74, 6) is 0.580. The number of hydrogen-bond donors (Lipinski definition) is 0. The van der Waals surface area contributed by atoms with Crippen LogP contribution in [0, 0.1) is 0 Å². The zero-order chi connectivity index (χ0) is 25.2. The van der Waals surface area contributed by atoms with Gasteiger partial charge in [-0.05, 0) is 35.4 Å². The van der Waals surface area contributed by atoms with Crippen LogP contribution < -0.4 is 0 Å². The van der Waals surface area contributed by atoms with Gasteiger partial charge in [-0.15, -0.1) is 0 Å². The Bertz CT molecular complexity index is 1500. The Balaban J connectivity index is 1.43. The van der Waals surface area contributed by atoms with Crippen LogP contribution in [-0.4, -0.2) is 38.4 Å². The third-order valence-electron chi connectivity index (χ3n) is 6.27. The second-order valence-electron chi connectivity index (χ2n) is 8.73. The summed E-state index contributed by atoms with van der Waals surface area (Å²) in [6.07, 6.45) is 0. The summed E-state index contributed by atoms with van der Waals surface area (Å²) < 4.78 is 38.9. The highest BCUT2D eigenvalue weighted by Crippen LogP contribution is 2.29. The molecule has 2 atom stereocenters. The molecule has 0 aliphatic carbocycles. The van der Waals surface area contributed by atoms with E-state index < -0.39 is 9.84 Å². The monoisotopic (exact) mass is 509 g/mol. The van der Waals surface area contributed by atoms with Crippen molar-refractivity contribution in [2.24, 2.45) is 9.98 Å². The molecule has 0 saturated heterocycles. The highest BCUT2D eigenvalue weighted by molar-refractivity contribution is 7.91. The smallest absolute Gasteiger partial charge is 0.236 e. The number of ether oxygens (including phenoxy) is 2. The highest BCUT2D eigenvalue weighted by atomic mass is 32.2. The first-order valence-electron chi connectivity index (χ1n) is 11.9. The first kappa shape index (κ1) is 23.1. The van der Waals surface area contributed by atoms with Crippen LogP contribution in [0.15, 0.2) is 123 Å². The van der Waals surface area contributed by atoms with Crippen molar-refractivity contribution in [3.05, 3.63) is 126 Å². The fourth-order valence-electron chi connectivity index (χ4n) is 4.34. The van der Waals surface area contributed by atoms with Crippen LogP contribution in [0.5, 0.6) is 0 Å². The lowest BCUT2D eigenvalue weighted by molar-refractivity contribution is 0.317. The molecule has 0 unspecified atom stereocenters. The van der Waals surface area contributed by atoms with Crippen molar-refractivity contribution in [1.29, 1.82) is 0 Å². The molecule has 4 aromatic rings. The van der Waals surface area contributed by atoms with Crippen molar-refractivity contribution >= 4 is 21.6 Å². The van der Waals surface area contributed by atoms with Gasteiger partial charge in [-0.1, -0.05) is 78.9 Å².